The number of carbonyl (C=O) groups excluding carboxylic acids is 4. The lowest BCUT2D eigenvalue weighted by Crippen LogP contribution is -2.60. The van der Waals surface area contributed by atoms with Crippen LogP contribution in [0, 0.1) is 0 Å². The van der Waals surface area contributed by atoms with Gasteiger partial charge in [-0.1, -0.05) is 0 Å². The number of carbonyl (C=O) groups is 5. The number of carboxylic acid groups (broad SMARTS) is 1. The third kappa shape index (κ3) is 9.87. The molecule has 0 radical (unpaired) electrons. The lowest BCUT2D eigenvalue weighted by molar-refractivity contribution is -0.144. The number of thioether (sulfide) groups is 1. The van der Waals surface area contributed by atoms with Gasteiger partial charge in [-0.25, -0.2) is 4.79 Å². The van der Waals surface area contributed by atoms with E-state index in [-0.39, 0.29) is 0 Å². The van der Waals surface area contributed by atoms with E-state index in [1.165, 1.54) is 18.7 Å². The summed E-state index contributed by atoms with van der Waals surface area (Å²) in [6.07, 6.45) is 0.0904. The van der Waals surface area contributed by atoms with Crippen molar-refractivity contribution in [2.45, 2.75) is 50.0 Å². The van der Waals surface area contributed by atoms with Crippen LogP contribution in [0.3, 0.4) is 0 Å². The number of aliphatic carboxylic acids is 1. The summed E-state index contributed by atoms with van der Waals surface area (Å²) < 4.78 is 0. The number of amides is 4. The van der Waals surface area contributed by atoms with E-state index in [4.69, 9.17) is 16.6 Å². The van der Waals surface area contributed by atoms with Gasteiger partial charge in [-0.15, -0.1) is 0 Å². The molecule has 0 rings (SSSR count). The zero-order chi connectivity index (χ0) is 23.4. The van der Waals surface area contributed by atoms with Crippen molar-refractivity contribution in [3.05, 3.63) is 0 Å². The zero-order valence-corrected chi connectivity index (χ0v) is 17.5. The molecule has 0 aromatic carbocycles. The van der Waals surface area contributed by atoms with Crippen molar-refractivity contribution in [1.82, 2.24) is 16.0 Å². The highest BCUT2D eigenvalue weighted by atomic mass is 32.2. The van der Waals surface area contributed by atoms with E-state index in [9.17, 15) is 34.2 Å². The Hall–Kier alpha value is -2.42. The fourth-order valence-electron chi connectivity index (χ4n) is 2.17. The van der Waals surface area contributed by atoms with Gasteiger partial charge < -0.3 is 42.7 Å². The van der Waals surface area contributed by atoms with Crippen molar-refractivity contribution in [2.24, 2.45) is 11.5 Å². The number of hydrogen-bond donors (Lipinski definition) is 8. The van der Waals surface area contributed by atoms with Crippen molar-refractivity contribution in [3.63, 3.8) is 0 Å². The summed E-state index contributed by atoms with van der Waals surface area (Å²) in [6, 6.07) is -5.69. The summed E-state index contributed by atoms with van der Waals surface area (Å²) in [5.74, 6) is -4.73. The molecule has 5 atom stereocenters. The van der Waals surface area contributed by atoms with Gasteiger partial charge >= 0.3 is 5.97 Å². The van der Waals surface area contributed by atoms with Gasteiger partial charge in [-0.3, -0.25) is 19.2 Å². The van der Waals surface area contributed by atoms with Crippen LogP contribution in [0.5, 0.6) is 0 Å². The minimum atomic E-state index is -1.66. The molecule has 0 aliphatic rings. The van der Waals surface area contributed by atoms with Gasteiger partial charge in [0, 0.05) is 0 Å². The van der Waals surface area contributed by atoms with Gasteiger partial charge in [0.15, 0.2) is 0 Å². The molecule has 0 aromatic rings. The molecule has 14 heteroatoms. The van der Waals surface area contributed by atoms with Crippen LogP contribution in [0.4, 0.5) is 0 Å². The first kappa shape index (κ1) is 27.6. The second kappa shape index (κ2) is 13.7. The fourth-order valence-corrected chi connectivity index (χ4v) is 2.66. The summed E-state index contributed by atoms with van der Waals surface area (Å²) in [4.78, 5) is 58.7. The van der Waals surface area contributed by atoms with Crippen molar-refractivity contribution in [1.29, 1.82) is 0 Å². The maximum absolute atomic E-state index is 12.4. The molecule has 4 amide bonds. The lowest BCUT2D eigenvalue weighted by atomic mass is 10.1. The fraction of sp³-hybridized carbons (Fsp3) is 0.688. The first-order chi connectivity index (χ1) is 13.9. The Balaban J connectivity index is 5.13. The van der Waals surface area contributed by atoms with Gasteiger partial charge in [-0.05, 0) is 25.4 Å². The van der Waals surface area contributed by atoms with Gasteiger partial charge in [0.1, 0.15) is 18.1 Å². The molecule has 0 aromatic heterocycles. The Bertz CT molecular complexity index is 633. The average molecular weight is 452 g/mol. The van der Waals surface area contributed by atoms with E-state index >= 15 is 0 Å². The Morgan fingerprint density at radius 2 is 1.57 bits per heavy atom. The Morgan fingerprint density at radius 3 is 2.00 bits per heavy atom. The van der Waals surface area contributed by atoms with Crippen LogP contribution in [-0.2, 0) is 24.0 Å². The normalized spacial score (nSPS) is 15.8. The summed E-state index contributed by atoms with van der Waals surface area (Å²) in [6.45, 7) is 0.299. The molecule has 0 saturated heterocycles. The summed E-state index contributed by atoms with van der Waals surface area (Å²) in [5, 5.41) is 34.6. The molecule has 0 saturated carbocycles. The molecule has 0 aliphatic heterocycles. The number of rotatable bonds is 14. The highest BCUT2D eigenvalue weighted by Gasteiger charge is 2.32. The van der Waals surface area contributed by atoms with E-state index in [1.807, 2.05) is 11.6 Å². The van der Waals surface area contributed by atoms with Crippen molar-refractivity contribution < 1.29 is 39.3 Å². The number of hydrogen-bond acceptors (Lipinski definition) is 9. The first-order valence-electron chi connectivity index (χ1n) is 8.90. The molecular formula is C16H29N5O8S. The molecular weight excluding hydrogens is 422 g/mol. The molecule has 30 heavy (non-hydrogen) atoms. The maximum atomic E-state index is 12.4. The van der Waals surface area contributed by atoms with Crippen molar-refractivity contribution in [3.8, 4) is 0 Å². The minimum absolute atomic E-state index is 0.333. The third-order valence-electron chi connectivity index (χ3n) is 3.87. The highest BCUT2D eigenvalue weighted by molar-refractivity contribution is 7.98. The summed E-state index contributed by atoms with van der Waals surface area (Å²) >= 11 is 1.47. The molecule has 0 aliphatic carbocycles. The van der Waals surface area contributed by atoms with Crippen LogP contribution in [0.25, 0.3) is 0 Å². The Morgan fingerprint density at radius 1 is 1.00 bits per heavy atom. The lowest BCUT2D eigenvalue weighted by Gasteiger charge is -2.25. The van der Waals surface area contributed by atoms with E-state index in [0.29, 0.717) is 12.2 Å². The van der Waals surface area contributed by atoms with E-state index in [0.717, 1.165) is 0 Å². The monoisotopic (exact) mass is 451 g/mol. The van der Waals surface area contributed by atoms with Crippen LogP contribution in [0.1, 0.15) is 19.8 Å². The average Bonchev–Trinajstić information content (AvgIpc) is 2.66. The predicted molar refractivity (Wildman–Crippen MR) is 107 cm³/mol. The summed E-state index contributed by atoms with van der Waals surface area (Å²) in [7, 11) is 0. The van der Waals surface area contributed by atoms with Crippen LogP contribution >= 0.6 is 11.8 Å². The Kier molecular flexibility index (Phi) is 12.6. The van der Waals surface area contributed by atoms with E-state index < -0.39 is 72.9 Å². The quantitative estimate of drug-likeness (QED) is 0.127. The molecule has 172 valence electrons. The SMILES string of the molecule is CSCCC(N)C(=O)NC(C(=O)NC(CO)C(=O)NC(CC(N)=O)C(=O)O)C(C)O. The number of nitrogens with one attached hydrogen (secondary N) is 3. The molecule has 0 bridgehead atoms. The van der Waals surface area contributed by atoms with Crippen LogP contribution in [0.2, 0.25) is 0 Å². The smallest absolute Gasteiger partial charge is 0.326 e. The largest absolute Gasteiger partial charge is 0.480 e. The number of primary amides is 1. The number of nitrogens with two attached hydrogens (primary N) is 2. The second-order valence-corrected chi connectivity index (χ2v) is 7.41. The second-order valence-electron chi connectivity index (χ2n) is 6.43. The zero-order valence-electron chi connectivity index (χ0n) is 16.7. The Labute approximate surface area is 177 Å². The van der Waals surface area contributed by atoms with Crippen LogP contribution in [0.15, 0.2) is 0 Å². The maximum Gasteiger partial charge on any atom is 0.326 e. The molecule has 0 fully saturated rings. The topological polar surface area (TPSA) is 234 Å². The number of carboxylic acids is 1. The van der Waals surface area contributed by atoms with E-state index in [2.05, 4.69) is 10.6 Å². The van der Waals surface area contributed by atoms with Crippen LogP contribution < -0.4 is 27.4 Å². The van der Waals surface area contributed by atoms with Gasteiger partial charge in [-0.2, -0.15) is 11.8 Å². The van der Waals surface area contributed by atoms with Crippen LogP contribution in [-0.4, -0.2) is 93.8 Å². The van der Waals surface area contributed by atoms with E-state index in [1.54, 1.807) is 0 Å². The molecule has 10 N–H and O–H groups in total. The molecule has 0 spiro atoms. The van der Waals surface area contributed by atoms with Gasteiger partial charge in [0.25, 0.3) is 0 Å². The van der Waals surface area contributed by atoms with Crippen molar-refractivity contribution in [2.75, 3.05) is 18.6 Å². The minimum Gasteiger partial charge on any atom is -0.480 e. The summed E-state index contributed by atoms with van der Waals surface area (Å²) in [5.41, 5.74) is 10.6. The first-order valence-corrected chi connectivity index (χ1v) is 10.3. The van der Waals surface area contributed by atoms with Gasteiger partial charge in [0.05, 0.1) is 25.2 Å². The number of aliphatic hydroxyl groups is 2. The number of aliphatic hydroxyl groups excluding tert-OH is 2. The predicted octanol–water partition coefficient (Wildman–Crippen LogP) is -4.15. The standard InChI is InChI=1S/C16H29N5O8S/c1-7(23)12(21-13(25)8(17)3-4-30-2)15(27)20-10(6-22)14(26)19-9(16(28)29)5-11(18)24/h7-10,12,22-23H,3-6,17H2,1-2H3,(H2,18,24)(H,19,26)(H,20,27)(H,21,25)(H,28,29). The van der Waals surface area contributed by atoms with Gasteiger partial charge in [0.2, 0.25) is 23.6 Å². The third-order valence-corrected chi connectivity index (χ3v) is 4.51. The molecule has 13 nitrogen and oxygen atoms in total. The molecule has 5 unspecified atom stereocenters. The highest BCUT2D eigenvalue weighted by Crippen LogP contribution is 2.02. The molecule has 0 heterocycles. The van der Waals surface area contributed by atoms with Crippen molar-refractivity contribution >= 4 is 41.4 Å².